The molecule has 0 radical (unpaired) electrons. The summed E-state index contributed by atoms with van der Waals surface area (Å²) in [5.41, 5.74) is 0. The van der Waals surface area contributed by atoms with Crippen molar-refractivity contribution in [2.75, 3.05) is 7.05 Å². The Hall–Kier alpha value is -0.570. The summed E-state index contributed by atoms with van der Waals surface area (Å²) >= 11 is 0. The second kappa shape index (κ2) is 3.01. The number of aliphatic hydroxyl groups excluding tert-OH is 1. The number of likely N-dealkylation sites (N-methyl/N-ethyl adjacent to an activating group) is 1. The molecular weight excluding hydrogens is 130 g/mol. The lowest BCUT2D eigenvalue weighted by Crippen LogP contribution is -2.40. The lowest BCUT2D eigenvalue weighted by molar-refractivity contribution is -0.133. The molecule has 0 saturated heterocycles. The topological polar surface area (TPSA) is 49.3 Å². The molecule has 0 heterocycles. The second-order valence-corrected chi connectivity index (χ2v) is 2.75. The molecule has 0 aromatic heterocycles. The Balaban J connectivity index is 2.31. The van der Waals surface area contributed by atoms with Crippen molar-refractivity contribution in [2.45, 2.75) is 25.4 Å². The summed E-state index contributed by atoms with van der Waals surface area (Å²) in [5.74, 6) is -0.0235. The van der Waals surface area contributed by atoms with E-state index < -0.39 is 6.10 Å². The highest BCUT2D eigenvalue weighted by molar-refractivity contribution is 5.80. The molecule has 2 N–H and O–H groups in total. The van der Waals surface area contributed by atoms with Crippen molar-refractivity contribution in [2.24, 2.45) is 5.92 Å². The summed E-state index contributed by atoms with van der Waals surface area (Å²) in [7, 11) is 1.55. The van der Waals surface area contributed by atoms with Gasteiger partial charge in [-0.1, -0.05) is 6.42 Å². The molecule has 1 unspecified atom stereocenters. The summed E-state index contributed by atoms with van der Waals surface area (Å²) in [6.45, 7) is 0. The van der Waals surface area contributed by atoms with E-state index >= 15 is 0 Å². The van der Waals surface area contributed by atoms with Gasteiger partial charge in [0.25, 0.3) is 0 Å². The van der Waals surface area contributed by atoms with E-state index in [9.17, 15) is 9.90 Å². The molecule has 0 aromatic rings. The number of carbonyl (C=O) groups excluding carboxylic acids is 1. The first-order valence-corrected chi connectivity index (χ1v) is 3.65. The Kier molecular flexibility index (Phi) is 2.27. The minimum atomic E-state index is -0.765. The Morgan fingerprint density at radius 2 is 2.30 bits per heavy atom. The molecule has 0 aromatic carbocycles. The monoisotopic (exact) mass is 143 g/mol. The van der Waals surface area contributed by atoms with Crippen molar-refractivity contribution >= 4 is 5.91 Å². The molecule has 1 aliphatic rings. The Morgan fingerprint density at radius 3 is 2.60 bits per heavy atom. The first-order chi connectivity index (χ1) is 4.75. The zero-order chi connectivity index (χ0) is 7.56. The molecule has 0 aliphatic heterocycles. The molecule has 10 heavy (non-hydrogen) atoms. The van der Waals surface area contributed by atoms with Gasteiger partial charge in [0.1, 0.15) is 6.10 Å². The summed E-state index contributed by atoms with van der Waals surface area (Å²) < 4.78 is 0. The average Bonchev–Trinajstić information content (AvgIpc) is 1.82. The van der Waals surface area contributed by atoms with Crippen LogP contribution in [0.25, 0.3) is 0 Å². The standard InChI is InChI=1S/C7H13NO2/c1-8-7(10)6(9)5-3-2-4-5/h5-6,9H,2-4H2,1H3,(H,8,10). The minimum absolute atomic E-state index is 0.222. The molecular formula is C7H13NO2. The third kappa shape index (κ3) is 1.29. The maximum absolute atomic E-state index is 10.8. The van der Waals surface area contributed by atoms with Crippen LogP contribution < -0.4 is 5.32 Å². The maximum Gasteiger partial charge on any atom is 0.248 e. The van der Waals surface area contributed by atoms with Crippen LogP contribution in [-0.2, 0) is 4.79 Å². The van der Waals surface area contributed by atoms with E-state index in [1.807, 2.05) is 0 Å². The van der Waals surface area contributed by atoms with Gasteiger partial charge < -0.3 is 10.4 Å². The van der Waals surface area contributed by atoms with E-state index in [0.29, 0.717) is 0 Å². The van der Waals surface area contributed by atoms with E-state index in [0.717, 1.165) is 19.3 Å². The van der Waals surface area contributed by atoms with E-state index in [1.165, 1.54) is 0 Å². The van der Waals surface area contributed by atoms with Crippen molar-refractivity contribution < 1.29 is 9.90 Å². The normalized spacial score (nSPS) is 21.4. The van der Waals surface area contributed by atoms with Gasteiger partial charge in [-0.15, -0.1) is 0 Å². The third-order valence-electron chi connectivity index (χ3n) is 2.11. The Bertz CT molecular complexity index is 132. The van der Waals surface area contributed by atoms with Crippen LogP contribution in [0.15, 0.2) is 0 Å². The van der Waals surface area contributed by atoms with Crippen molar-refractivity contribution in [3.63, 3.8) is 0 Å². The molecule has 1 saturated carbocycles. The molecule has 0 bridgehead atoms. The Morgan fingerprint density at radius 1 is 1.70 bits per heavy atom. The number of aliphatic hydroxyl groups is 1. The highest BCUT2D eigenvalue weighted by atomic mass is 16.3. The van der Waals surface area contributed by atoms with Crippen LogP contribution in [0, 0.1) is 5.92 Å². The highest BCUT2D eigenvalue weighted by Gasteiger charge is 2.29. The van der Waals surface area contributed by atoms with Gasteiger partial charge in [-0.3, -0.25) is 4.79 Å². The summed E-state index contributed by atoms with van der Waals surface area (Å²) in [5, 5.41) is 11.7. The molecule has 3 nitrogen and oxygen atoms in total. The van der Waals surface area contributed by atoms with Crippen LogP contribution in [0.4, 0.5) is 0 Å². The van der Waals surface area contributed by atoms with Gasteiger partial charge >= 0.3 is 0 Å². The second-order valence-electron chi connectivity index (χ2n) is 2.75. The average molecular weight is 143 g/mol. The summed E-state index contributed by atoms with van der Waals surface area (Å²) in [6.07, 6.45) is 2.38. The van der Waals surface area contributed by atoms with Gasteiger partial charge in [-0.05, 0) is 18.8 Å². The lowest BCUT2D eigenvalue weighted by Gasteiger charge is -2.28. The molecule has 1 amide bonds. The molecule has 58 valence electrons. The minimum Gasteiger partial charge on any atom is -0.383 e. The predicted octanol–water partition coefficient (Wildman–Crippen LogP) is -0.107. The molecule has 0 spiro atoms. The van der Waals surface area contributed by atoms with E-state index in [2.05, 4.69) is 5.32 Å². The van der Waals surface area contributed by atoms with Crippen molar-refractivity contribution in [1.29, 1.82) is 0 Å². The molecule has 1 aliphatic carbocycles. The number of hydrogen-bond acceptors (Lipinski definition) is 2. The Labute approximate surface area is 60.4 Å². The van der Waals surface area contributed by atoms with Gasteiger partial charge in [-0.25, -0.2) is 0 Å². The number of nitrogens with one attached hydrogen (secondary N) is 1. The zero-order valence-corrected chi connectivity index (χ0v) is 6.13. The van der Waals surface area contributed by atoms with Crippen molar-refractivity contribution in [3.05, 3.63) is 0 Å². The SMILES string of the molecule is CNC(=O)C(O)C1CCC1. The van der Waals surface area contributed by atoms with Crippen LogP contribution in [0.3, 0.4) is 0 Å². The van der Waals surface area contributed by atoms with Crippen LogP contribution in [0.2, 0.25) is 0 Å². The van der Waals surface area contributed by atoms with E-state index in [1.54, 1.807) is 7.05 Å². The third-order valence-corrected chi connectivity index (χ3v) is 2.11. The van der Waals surface area contributed by atoms with Gasteiger partial charge in [-0.2, -0.15) is 0 Å². The maximum atomic E-state index is 10.8. The quantitative estimate of drug-likeness (QED) is 0.566. The number of rotatable bonds is 2. The fourth-order valence-electron chi connectivity index (χ4n) is 1.12. The molecule has 3 heteroatoms. The summed E-state index contributed by atoms with van der Waals surface area (Å²) in [6, 6.07) is 0. The fourth-order valence-corrected chi connectivity index (χ4v) is 1.12. The predicted molar refractivity (Wildman–Crippen MR) is 37.4 cm³/mol. The smallest absolute Gasteiger partial charge is 0.248 e. The first-order valence-electron chi connectivity index (χ1n) is 3.65. The molecule has 1 rings (SSSR count). The van der Waals surface area contributed by atoms with Gasteiger partial charge in [0.2, 0.25) is 5.91 Å². The summed E-state index contributed by atoms with van der Waals surface area (Å²) in [4.78, 5) is 10.8. The van der Waals surface area contributed by atoms with Crippen molar-refractivity contribution in [3.8, 4) is 0 Å². The van der Waals surface area contributed by atoms with Crippen LogP contribution in [0.5, 0.6) is 0 Å². The van der Waals surface area contributed by atoms with E-state index in [4.69, 9.17) is 0 Å². The van der Waals surface area contributed by atoms with Crippen LogP contribution in [-0.4, -0.2) is 24.2 Å². The molecule has 1 fully saturated rings. The van der Waals surface area contributed by atoms with E-state index in [-0.39, 0.29) is 11.8 Å². The van der Waals surface area contributed by atoms with Crippen LogP contribution >= 0.6 is 0 Å². The number of hydrogen-bond donors (Lipinski definition) is 2. The number of carbonyl (C=O) groups is 1. The largest absolute Gasteiger partial charge is 0.383 e. The molecule has 1 atom stereocenters. The highest BCUT2D eigenvalue weighted by Crippen LogP contribution is 2.29. The number of amides is 1. The first kappa shape index (κ1) is 7.54. The van der Waals surface area contributed by atoms with Crippen molar-refractivity contribution in [1.82, 2.24) is 5.32 Å². The van der Waals surface area contributed by atoms with Crippen LogP contribution in [0.1, 0.15) is 19.3 Å². The lowest BCUT2D eigenvalue weighted by atomic mass is 9.81. The van der Waals surface area contributed by atoms with Gasteiger partial charge in [0, 0.05) is 7.05 Å². The fraction of sp³-hybridized carbons (Fsp3) is 0.857. The van der Waals surface area contributed by atoms with Gasteiger partial charge in [0.05, 0.1) is 0 Å². The zero-order valence-electron chi connectivity index (χ0n) is 6.13. The van der Waals surface area contributed by atoms with Gasteiger partial charge in [0.15, 0.2) is 0 Å².